The second-order valence-electron chi connectivity index (χ2n) is 6.23. The van der Waals surface area contributed by atoms with E-state index in [4.69, 9.17) is 4.74 Å². The lowest BCUT2D eigenvalue weighted by Crippen LogP contribution is -2.25. The standard InChI is InChI=1S/C23H21N3O3/c1-17(25-26-22(27)16-29-21-10-6-3-7-11-21)18-12-14-20(15-13-18)24-23(28)19-8-4-2-5-9-19/h2-15H,16H2,1H3,(H,24,28)(H,26,27)/b25-17-. The number of benzene rings is 3. The van der Waals surface area contributed by atoms with E-state index in [1.807, 2.05) is 48.5 Å². The zero-order valence-electron chi connectivity index (χ0n) is 16.0. The number of hydrogen-bond donors (Lipinski definition) is 2. The van der Waals surface area contributed by atoms with Gasteiger partial charge in [-0.2, -0.15) is 5.10 Å². The van der Waals surface area contributed by atoms with Crippen LogP contribution in [0.4, 0.5) is 5.69 Å². The van der Waals surface area contributed by atoms with Gasteiger partial charge in [-0.25, -0.2) is 5.43 Å². The van der Waals surface area contributed by atoms with Crippen molar-refractivity contribution in [1.82, 2.24) is 5.43 Å². The second-order valence-corrected chi connectivity index (χ2v) is 6.23. The topological polar surface area (TPSA) is 79.8 Å². The van der Waals surface area contributed by atoms with E-state index in [0.717, 1.165) is 5.56 Å². The normalized spacial score (nSPS) is 10.9. The molecule has 3 aromatic rings. The summed E-state index contributed by atoms with van der Waals surface area (Å²) in [4.78, 5) is 24.1. The fourth-order valence-corrected chi connectivity index (χ4v) is 2.50. The van der Waals surface area contributed by atoms with Gasteiger partial charge < -0.3 is 10.1 Å². The quantitative estimate of drug-likeness (QED) is 0.477. The predicted molar refractivity (Wildman–Crippen MR) is 113 cm³/mol. The van der Waals surface area contributed by atoms with Crippen LogP contribution in [0.15, 0.2) is 90.0 Å². The van der Waals surface area contributed by atoms with E-state index in [0.29, 0.717) is 22.7 Å². The van der Waals surface area contributed by atoms with Gasteiger partial charge in [0.05, 0.1) is 5.71 Å². The SMILES string of the molecule is C/C(=N/NC(=O)COc1ccccc1)c1ccc(NC(=O)c2ccccc2)cc1. The van der Waals surface area contributed by atoms with Crippen molar-refractivity contribution in [3.63, 3.8) is 0 Å². The molecule has 146 valence electrons. The Morgan fingerprint density at radius 1 is 0.828 bits per heavy atom. The molecule has 0 saturated carbocycles. The third-order valence-electron chi connectivity index (χ3n) is 4.06. The lowest BCUT2D eigenvalue weighted by molar-refractivity contribution is -0.123. The minimum Gasteiger partial charge on any atom is -0.484 e. The van der Waals surface area contributed by atoms with E-state index in [9.17, 15) is 9.59 Å². The number of anilines is 1. The van der Waals surface area contributed by atoms with Crippen molar-refractivity contribution in [3.05, 3.63) is 96.1 Å². The molecule has 2 amide bonds. The molecule has 0 aliphatic heterocycles. The van der Waals surface area contributed by atoms with Crippen molar-refractivity contribution in [2.45, 2.75) is 6.92 Å². The van der Waals surface area contributed by atoms with Crippen LogP contribution in [0.25, 0.3) is 0 Å². The molecule has 29 heavy (non-hydrogen) atoms. The van der Waals surface area contributed by atoms with Crippen LogP contribution in [0.5, 0.6) is 5.75 Å². The number of amides is 2. The molecule has 0 spiro atoms. The first kappa shape index (κ1) is 19.8. The molecule has 3 rings (SSSR count). The molecule has 6 nitrogen and oxygen atoms in total. The Hall–Kier alpha value is -3.93. The molecule has 3 aromatic carbocycles. The van der Waals surface area contributed by atoms with Crippen molar-refractivity contribution >= 4 is 23.2 Å². The summed E-state index contributed by atoms with van der Waals surface area (Å²) in [5, 5.41) is 6.94. The van der Waals surface area contributed by atoms with Crippen molar-refractivity contribution in [2.24, 2.45) is 5.10 Å². The number of rotatable bonds is 7. The van der Waals surface area contributed by atoms with Crippen molar-refractivity contribution < 1.29 is 14.3 Å². The first-order chi connectivity index (χ1) is 14.1. The Kier molecular flexibility index (Phi) is 6.73. The summed E-state index contributed by atoms with van der Waals surface area (Å²) in [6, 6.07) is 25.3. The summed E-state index contributed by atoms with van der Waals surface area (Å²) in [6.45, 7) is 1.67. The molecule has 6 heteroatoms. The van der Waals surface area contributed by atoms with Gasteiger partial charge in [0, 0.05) is 11.3 Å². The van der Waals surface area contributed by atoms with E-state index < -0.39 is 0 Å². The van der Waals surface area contributed by atoms with Crippen LogP contribution in [-0.4, -0.2) is 24.1 Å². The molecule has 0 aliphatic rings. The van der Waals surface area contributed by atoms with E-state index in [2.05, 4.69) is 15.8 Å². The number of carbonyl (C=O) groups is 2. The maximum absolute atomic E-state index is 12.2. The van der Waals surface area contributed by atoms with Crippen LogP contribution in [0, 0.1) is 0 Å². The van der Waals surface area contributed by atoms with Crippen molar-refractivity contribution in [1.29, 1.82) is 0 Å². The maximum atomic E-state index is 12.2. The number of hydrazone groups is 1. The summed E-state index contributed by atoms with van der Waals surface area (Å²) in [5.74, 6) is 0.103. The van der Waals surface area contributed by atoms with Gasteiger partial charge in [0.15, 0.2) is 6.61 Å². The molecular formula is C23H21N3O3. The predicted octanol–water partition coefficient (Wildman–Crippen LogP) is 3.86. The third kappa shape index (κ3) is 6.04. The van der Waals surface area contributed by atoms with E-state index in [-0.39, 0.29) is 18.4 Å². The summed E-state index contributed by atoms with van der Waals surface area (Å²) in [5.41, 5.74) is 5.21. The van der Waals surface area contributed by atoms with E-state index in [1.165, 1.54) is 0 Å². The van der Waals surface area contributed by atoms with Crippen LogP contribution < -0.4 is 15.5 Å². The Balaban J connectivity index is 1.52. The number of hydrogen-bond acceptors (Lipinski definition) is 4. The van der Waals surface area contributed by atoms with Gasteiger partial charge in [-0.1, -0.05) is 48.5 Å². The molecule has 0 unspecified atom stereocenters. The molecule has 0 atom stereocenters. The highest BCUT2D eigenvalue weighted by Gasteiger charge is 2.06. The molecule has 2 N–H and O–H groups in total. The first-order valence-electron chi connectivity index (χ1n) is 9.09. The molecule has 0 aromatic heterocycles. The number of nitrogens with zero attached hydrogens (tertiary/aromatic N) is 1. The average Bonchev–Trinajstić information content (AvgIpc) is 2.78. The van der Waals surface area contributed by atoms with Gasteiger partial charge >= 0.3 is 0 Å². The van der Waals surface area contributed by atoms with Crippen molar-refractivity contribution in [2.75, 3.05) is 11.9 Å². The Morgan fingerprint density at radius 2 is 1.45 bits per heavy atom. The zero-order chi connectivity index (χ0) is 20.5. The number of nitrogens with one attached hydrogen (secondary N) is 2. The molecular weight excluding hydrogens is 366 g/mol. The van der Waals surface area contributed by atoms with Gasteiger partial charge in [-0.05, 0) is 48.9 Å². The largest absolute Gasteiger partial charge is 0.484 e. The minimum atomic E-state index is -0.347. The summed E-state index contributed by atoms with van der Waals surface area (Å²) in [6.07, 6.45) is 0. The van der Waals surface area contributed by atoms with Crippen molar-refractivity contribution in [3.8, 4) is 5.75 Å². The lowest BCUT2D eigenvalue weighted by atomic mass is 10.1. The highest BCUT2D eigenvalue weighted by molar-refractivity contribution is 6.05. The van der Waals surface area contributed by atoms with Crippen LogP contribution >= 0.6 is 0 Å². The summed E-state index contributed by atoms with van der Waals surface area (Å²) in [7, 11) is 0. The molecule has 0 radical (unpaired) electrons. The number of para-hydroxylation sites is 1. The van der Waals surface area contributed by atoms with Crippen LogP contribution in [-0.2, 0) is 4.79 Å². The van der Waals surface area contributed by atoms with Gasteiger partial charge in [0.25, 0.3) is 11.8 Å². The third-order valence-corrected chi connectivity index (χ3v) is 4.06. The maximum Gasteiger partial charge on any atom is 0.277 e. The Labute approximate surface area is 169 Å². The number of ether oxygens (including phenoxy) is 1. The molecule has 0 saturated heterocycles. The number of carbonyl (C=O) groups excluding carboxylic acids is 2. The molecule has 0 heterocycles. The van der Waals surface area contributed by atoms with E-state index >= 15 is 0 Å². The summed E-state index contributed by atoms with van der Waals surface area (Å²) >= 11 is 0. The minimum absolute atomic E-state index is 0.120. The van der Waals surface area contributed by atoms with Gasteiger partial charge in [0.2, 0.25) is 0 Å². The van der Waals surface area contributed by atoms with Gasteiger partial charge in [0.1, 0.15) is 5.75 Å². The summed E-state index contributed by atoms with van der Waals surface area (Å²) < 4.78 is 5.37. The molecule has 0 bridgehead atoms. The van der Waals surface area contributed by atoms with Gasteiger partial charge in [-0.3, -0.25) is 9.59 Å². The fraction of sp³-hybridized carbons (Fsp3) is 0.0870. The average molecular weight is 387 g/mol. The van der Waals surface area contributed by atoms with Gasteiger partial charge in [-0.15, -0.1) is 0 Å². The Morgan fingerprint density at radius 3 is 2.10 bits per heavy atom. The van der Waals surface area contributed by atoms with Crippen LogP contribution in [0.3, 0.4) is 0 Å². The highest BCUT2D eigenvalue weighted by atomic mass is 16.5. The smallest absolute Gasteiger partial charge is 0.277 e. The Bertz CT molecular complexity index is 985. The highest BCUT2D eigenvalue weighted by Crippen LogP contribution is 2.12. The monoisotopic (exact) mass is 387 g/mol. The second kappa shape index (κ2) is 9.85. The van der Waals surface area contributed by atoms with Crippen LogP contribution in [0.1, 0.15) is 22.8 Å². The molecule has 0 aliphatic carbocycles. The first-order valence-corrected chi connectivity index (χ1v) is 9.09. The fourth-order valence-electron chi connectivity index (χ4n) is 2.50. The molecule has 0 fully saturated rings. The lowest BCUT2D eigenvalue weighted by Gasteiger charge is -2.07. The van der Waals surface area contributed by atoms with Crippen LogP contribution in [0.2, 0.25) is 0 Å². The zero-order valence-corrected chi connectivity index (χ0v) is 16.0. The van der Waals surface area contributed by atoms with E-state index in [1.54, 1.807) is 43.3 Å².